The van der Waals surface area contributed by atoms with Crippen LogP contribution in [0.3, 0.4) is 0 Å². The van der Waals surface area contributed by atoms with E-state index in [1.165, 1.54) is 18.7 Å². The maximum absolute atomic E-state index is 12.1. The van der Waals surface area contributed by atoms with Gasteiger partial charge in [0.05, 0.1) is 10.2 Å². The van der Waals surface area contributed by atoms with Crippen LogP contribution in [0.25, 0.3) is 20.7 Å². The molecule has 0 saturated carbocycles. The Balaban J connectivity index is 2.11. The fourth-order valence-corrected chi connectivity index (χ4v) is 4.31. The molecule has 25 heavy (non-hydrogen) atoms. The molecule has 0 aliphatic heterocycles. The molecule has 3 rings (SSSR count). The fraction of sp³-hybridized carbons (Fsp3) is 0.300. The molecule has 1 aromatic carbocycles. The van der Waals surface area contributed by atoms with E-state index in [0.29, 0.717) is 5.56 Å². The average Bonchev–Trinajstić information content (AvgIpc) is 3.05. The molecule has 3 aromatic rings. The van der Waals surface area contributed by atoms with Crippen LogP contribution in [0.15, 0.2) is 41.2 Å². The largest absolute Gasteiger partial charge is 0.372 e. The minimum atomic E-state index is -0.154. The third kappa shape index (κ3) is 3.12. The number of aromatic nitrogens is 1. The van der Waals surface area contributed by atoms with E-state index in [1.807, 2.05) is 6.07 Å². The summed E-state index contributed by atoms with van der Waals surface area (Å²) in [5, 5.41) is 0. The van der Waals surface area contributed by atoms with Crippen molar-refractivity contribution in [2.45, 2.75) is 20.8 Å². The Morgan fingerprint density at radius 1 is 1.12 bits per heavy atom. The van der Waals surface area contributed by atoms with Crippen molar-refractivity contribution in [3.8, 4) is 10.4 Å². The molecule has 0 spiro atoms. The molecule has 0 fully saturated rings. The summed E-state index contributed by atoms with van der Waals surface area (Å²) in [5.41, 5.74) is 3.46. The molecular formula is C20H22N2O2S. The van der Waals surface area contributed by atoms with Crippen molar-refractivity contribution >= 4 is 33.0 Å². The van der Waals surface area contributed by atoms with Gasteiger partial charge in [0.2, 0.25) is 0 Å². The number of carbonyl (C=O) groups excluding carboxylic acids is 1. The number of benzene rings is 1. The number of ketones is 1. The monoisotopic (exact) mass is 354 g/mol. The van der Waals surface area contributed by atoms with Crippen LogP contribution < -0.4 is 10.5 Å². The van der Waals surface area contributed by atoms with Crippen LogP contribution in [-0.4, -0.2) is 23.4 Å². The van der Waals surface area contributed by atoms with E-state index in [-0.39, 0.29) is 11.3 Å². The smallest absolute Gasteiger partial charge is 0.251 e. The lowest BCUT2D eigenvalue weighted by atomic mass is 10.1. The minimum absolute atomic E-state index is 0.0759. The van der Waals surface area contributed by atoms with Gasteiger partial charge in [-0.15, -0.1) is 11.3 Å². The first-order chi connectivity index (χ1) is 12.0. The summed E-state index contributed by atoms with van der Waals surface area (Å²) in [7, 11) is 1.74. The number of anilines is 1. The third-order valence-corrected chi connectivity index (χ3v) is 5.78. The maximum atomic E-state index is 12.1. The van der Waals surface area contributed by atoms with E-state index in [0.717, 1.165) is 33.7 Å². The number of nitrogens with zero attached hydrogens (tertiary/aromatic N) is 2. The van der Waals surface area contributed by atoms with Gasteiger partial charge in [0.1, 0.15) is 0 Å². The Morgan fingerprint density at radius 3 is 2.32 bits per heavy atom. The zero-order valence-electron chi connectivity index (χ0n) is 15.0. The van der Waals surface area contributed by atoms with E-state index >= 15 is 0 Å². The number of pyridine rings is 1. The summed E-state index contributed by atoms with van der Waals surface area (Å²) in [6.45, 7) is 7.75. The number of hydrogen-bond acceptors (Lipinski definition) is 4. The first-order valence-electron chi connectivity index (χ1n) is 8.46. The number of carbonyl (C=O) groups is 1. The average molecular weight is 354 g/mol. The highest BCUT2D eigenvalue weighted by Gasteiger charge is 2.15. The van der Waals surface area contributed by atoms with E-state index in [4.69, 9.17) is 0 Å². The van der Waals surface area contributed by atoms with E-state index in [9.17, 15) is 9.59 Å². The highest BCUT2D eigenvalue weighted by atomic mass is 32.1. The van der Waals surface area contributed by atoms with Crippen LogP contribution in [0.4, 0.5) is 5.69 Å². The van der Waals surface area contributed by atoms with Gasteiger partial charge in [0, 0.05) is 42.3 Å². The molecule has 0 unspecified atom stereocenters. The second kappa shape index (κ2) is 6.84. The van der Waals surface area contributed by atoms with Gasteiger partial charge in [0.15, 0.2) is 5.78 Å². The molecule has 4 nitrogen and oxygen atoms in total. The SMILES string of the molecule is CCN(CC)c1ccc(-c2cc3c(s2)c(C(C)=O)cc(=O)n3C)cc1. The third-order valence-electron chi connectivity index (χ3n) is 4.58. The Morgan fingerprint density at radius 2 is 1.76 bits per heavy atom. The van der Waals surface area contributed by atoms with Gasteiger partial charge in [0.25, 0.3) is 5.56 Å². The van der Waals surface area contributed by atoms with Gasteiger partial charge in [-0.2, -0.15) is 0 Å². The second-order valence-corrected chi connectivity index (χ2v) is 7.11. The standard InChI is InChI=1S/C20H22N2O2S/c1-5-22(6-2)15-9-7-14(8-10-15)18-12-17-20(25-18)16(13(3)23)11-19(24)21(17)4/h7-12H,5-6H2,1-4H3. The molecule has 2 aromatic heterocycles. The lowest BCUT2D eigenvalue weighted by Gasteiger charge is -2.21. The van der Waals surface area contributed by atoms with E-state index < -0.39 is 0 Å². The zero-order valence-corrected chi connectivity index (χ0v) is 15.8. The second-order valence-electron chi connectivity index (χ2n) is 6.06. The Labute approximate surface area is 151 Å². The van der Waals surface area contributed by atoms with E-state index in [2.05, 4.69) is 43.0 Å². The van der Waals surface area contributed by atoms with E-state index in [1.54, 1.807) is 23.0 Å². The molecule has 0 bridgehead atoms. The van der Waals surface area contributed by atoms with Crippen molar-refractivity contribution < 1.29 is 4.79 Å². The highest BCUT2D eigenvalue weighted by molar-refractivity contribution is 7.22. The predicted octanol–water partition coefficient (Wildman–Crippen LogP) is 4.32. The van der Waals surface area contributed by atoms with Crippen molar-refractivity contribution in [1.82, 2.24) is 4.57 Å². The quantitative estimate of drug-likeness (QED) is 0.641. The maximum Gasteiger partial charge on any atom is 0.251 e. The molecule has 0 aliphatic carbocycles. The van der Waals surface area contributed by atoms with Crippen molar-refractivity contribution in [1.29, 1.82) is 0 Å². The Kier molecular flexibility index (Phi) is 4.77. The highest BCUT2D eigenvalue weighted by Crippen LogP contribution is 2.35. The number of hydrogen-bond donors (Lipinski definition) is 0. The number of fused-ring (bicyclic) bond motifs is 1. The van der Waals surface area contributed by atoms with Gasteiger partial charge < -0.3 is 9.47 Å². The molecule has 2 heterocycles. The molecule has 0 N–H and O–H groups in total. The van der Waals surface area contributed by atoms with Crippen molar-refractivity contribution in [3.05, 3.63) is 52.3 Å². The normalized spacial score (nSPS) is 11.0. The van der Waals surface area contributed by atoms with Crippen molar-refractivity contribution in [2.24, 2.45) is 7.05 Å². The van der Waals surface area contributed by atoms with Crippen LogP contribution in [-0.2, 0) is 7.05 Å². The van der Waals surface area contributed by atoms with Crippen LogP contribution in [0, 0.1) is 0 Å². The lowest BCUT2D eigenvalue weighted by Crippen LogP contribution is -2.21. The van der Waals surface area contributed by atoms with Crippen LogP contribution in [0.2, 0.25) is 0 Å². The van der Waals surface area contributed by atoms with Crippen molar-refractivity contribution in [3.63, 3.8) is 0 Å². The van der Waals surface area contributed by atoms with Crippen LogP contribution in [0.1, 0.15) is 31.1 Å². The molecule has 5 heteroatoms. The van der Waals surface area contributed by atoms with Gasteiger partial charge in [-0.3, -0.25) is 9.59 Å². The van der Waals surface area contributed by atoms with Gasteiger partial charge in [-0.25, -0.2) is 0 Å². The van der Waals surface area contributed by atoms with Crippen molar-refractivity contribution in [2.75, 3.05) is 18.0 Å². The molecule has 0 amide bonds. The molecule has 0 atom stereocenters. The molecular weight excluding hydrogens is 332 g/mol. The van der Waals surface area contributed by atoms with Gasteiger partial charge >= 0.3 is 0 Å². The summed E-state index contributed by atoms with van der Waals surface area (Å²) in [6.07, 6.45) is 0. The summed E-state index contributed by atoms with van der Waals surface area (Å²) in [4.78, 5) is 27.4. The zero-order chi connectivity index (χ0) is 18.1. The first kappa shape index (κ1) is 17.4. The number of rotatable bonds is 5. The number of aryl methyl sites for hydroxylation is 1. The summed E-state index contributed by atoms with van der Waals surface area (Å²) in [5.74, 6) is -0.0759. The van der Waals surface area contributed by atoms with Crippen LogP contribution in [0.5, 0.6) is 0 Å². The first-order valence-corrected chi connectivity index (χ1v) is 9.27. The Hall–Kier alpha value is -2.40. The summed E-state index contributed by atoms with van der Waals surface area (Å²) >= 11 is 1.56. The summed E-state index contributed by atoms with van der Waals surface area (Å²) in [6, 6.07) is 11.9. The Bertz CT molecular complexity index is 979. The topological polar surface area (TPSA) is 42.3 Å². The molecule has 0 saturated heterocycles. The predicted molar refractivity (Wildman–Crippen MR) is 106 cm³/mol. The lowest BCUT2D eigenvalue weighted by molar-refractivity contribution is 0.101. The van der Waals surface area contributed by atoms with Gasteiger partial charge in [-0.1, -0.05) is 12.1 Å². The molecule has 0 aliphatic rings. The molecule has 130 valence electrons. The minimum Gasteiger partial charge on any atom is -0.372 e. The number of thiophene rings is 1. The summed E-state index contributed by atoms with van der Waals surface area (Å²) < 4.78 is 2.48. The van der Waals surface area contributed by atoms with Gasteiger partial charge in [-0.05, 0) is 44.5 Å². The van der Waals surface area contributed by atoms with Crippen LogP contribution >= 0.6 is 11.3 Å². The number of Topliss-reactive ketones (excluding diaryl/α,β-unsaturated/α-hetero) is 1. The fourth-order valence-electron chi connectivity index (χ4n) is 3.06. The molecule has 0 radical (unpaired) electrons.